The zero-order valence-corrected chi connectivity index (χ0v) is 6.37. The SMILES string of the molecule is CC(=O)O[S+]1CCCC1. The molecule has 0 saturated carbocycles. The maximum Gasteiger partial charge on any atom is 0.361 e. The van der Waals surface area contributed by atoms with E-state index in [1.807, 2.05) is 0 Å². The molecule has 0 spiro atoms. The Morgan fingerprint density at radius 3 is 2.44 bits per heavy atom. The van der Waals surface area contributed by atoms with Crippen molar-refractivity contribution < 1.29 is 8.98 Å². The van der Waals surface area contributed by atoms with E-state index in [4.69, 9.17) is 4.18 Å². The summed E-state index contributed by atoms with van der Waals surface area (Å²) in [5.41, 5.74) is 0. The minimum atomic E-state index is -0.125. The Labute approximate surface area is 58.1 Å². The first-order chi connectivity index (χ1) is 4.29. The molecule has 0 aliphatic carbocycles. The normalized spacial score (nSPS) is 20.1. The molecular formula is C6H11O2S+. The molecule has 0 aromatic carbocycles. The van der Waals surface area contributed by atoms with Gasteiger partial charge in [-0.05, 0) is 0 Å². The first-order valence-electron chi connectivity index (χ1n) is 3.15. The van der Waals surface area contributed by atoms with Gasteiger partial charge in [-0.15, -0.1) is 0 Å². The zero-order valence-electron chi connectivity index (χ0n) is 5.55. The van der Waals surface area contributed by atoms with Crippen LogP contribution < -0.4 is 0 Å². The van der Waals surface area contributed by atoms with Gasteiger partial charge in [-0.25, -0.2) is 8.98 Å². The van der Waals surface area contributed by atoms with Crippen molar-refractivity contribution in [2.45, 2.75) is 19.8 Å². The summed E-state index contributed by atoms with van der Waals surface area (Å²) in [5.74, 6) is 2.07. The molecule has 2 nitrogen and oxygen atoms in total. The summed E-state index contributed by atoms with van der Waals surface area (Å²) in [7, 11) is 0. The maximum atomic E-state index is 10.4. The maximum absolute atomic E-state index is 10.4. The van der Waals surface area contributed by atoms with Gasteiger partial charge in [0.25, 0.3) is 0 Å². The lowest BCUT2D eigenvalue weighted by atomic mass is 10.4. The van der Waals surface area contributed by atoms with Crippen LogP contribution in [0.15, 0.2) is 0 Å². The first-order valence-corrected chi connectivity index (χ1v) is 4.64. The van der Waals surface area contributed by atoms with E-state index in [2.05, 4.69) is 0 Å². The summed E-state index contributed by atoms with van der Waals surface area (Å²) in [6.45, 7) is 1.48. The Morgan fingerprint density at radius 1 is 1.44 bits per heavy atom. The molecule has 0 aromatic heterocycles. The van der Waals surface area contributed by atoms with Gasteiger partial charge in [-0.1, -0.05) is 0 Å². The predicted octanol–water partition coefficient (Wildman–Crippen LogP) is 0.877. The topological polar surface area (TPSA) is 26.3 Å². The van der Waals surface area contributed by atoms with Crippen molar-refractivity contribution in [3.05, 3.63) is 0 Å². The van der Waals surface area contributed by atoms with Gasteiger partial charge in [0, 0.05) is 19.8 Å². The average molecular weight is 147 g/mol. The molecule has 0 aromatic rings. The molecule has 1 rings (SSSR count). The van der Waals surface area contributed by atoms with E-state index in [9.17, 15) is 4.79 Å². The van der Waals surface area contributed by atoms with Crippen molar-refractivity contribution in [2.24, 2.45) is 0 Å². The van der Waals surface area contributed by atoms with Crippen molar-refractivity contribution in [1.29, 1.82) is 0 Å². The summed E-state index contributed by atoms with van der Waals surface area (Å²) in [5, 5.41) is 0. The van der Waals surface area contributed by atoms with Gasteiger partial charge in [-0.3, -0.25) is 0 Å². The van der Waals surface area contributed by atoms with Crippen molar-refractivity contribution in [2.75, 3.05) is 11.5 Å². The molecule has 52 valence electrons. The highest BCUT2D eigenvalue weighted by atomic mass is 32.2. The molecule has 0 bridgehead atoms. The second kappa shape index (κ2) is 3.11. The van der Waals surface area contributed by atoms with Gasteiger partial charge in [0.2, 0.25) is 11.2 Å². The molecule has 3 heteroatoms. The molecule has 9 heavy (non-hydrogen) atoms. The lowest BCUT2D eigenvalue weighted by molar-refractivity contribution is -0.130. The van der Waals surface area contributed by atoms with E-state index in [0.29, 0.717) is 0 Å². The minimum absolute atomic E-state index is 0.00694. The first kappa shape index (κ1) is 6.93. The number of carbonyl (C=O) groups is 1. The van der Waals surface area contributed by atoms with Crippen LogP contribution in [0.2, 0.25) is 0 Å². The monoisotopic (exact) mass is 147 g/mol. The number of hydrogen-bond acceptors (Lipinski definition) is 2. The standard InChI is InChI=1S/C6H11O2S/c1-6(7)8-9-4-2-3-5-9/h2-5H2,1H3/q+1. The zero-order chi connectivity index (χ0) is 6.69. The van der Waals surface area contributed by atoms with Crippen LogP contribution in [-0.2, 0) is 20.2 Å². The van der Waals surface area contributed by atoms with Crippen molar-refractivity contribution >= 4 is 17.1 Å². The Balaban J connectivity index is 2.19. The van der Waals surface area contributed by atoms with Gasteiger partial charge in [0.05, 0.1) is 0 Å². The molecule has 1 heterocycles. The number of rotatable bonds is 1. The third kappa shape index (κ3) is 2.26. The number of carbonyl (C=O) groups excluding carboxylic acids is 1. The van der Waals surface area contributed by atoms with Gasteiger partial charge >= 0.3 is 5.97 Å². The van der Waals surface area contributed by atoms with Crippen LogP contribution in [0.1, 0.15) is 19.8 Å². The molecule has 0 radical (unpaired) electrons. The van der Waals surface area contributed by atoms with Crippen molar-refractivity contribution in [3.63, 3.8) is 0 Å². The van der Waals surface area contributed by atoms with Gasteiger partial charge < -0.3 is 0 Å². The molecule has 1 saturated heterocycles. The largest absolute Gasteiger partial charge is 0.361 e. The van der Waals surface area contributed by atoms with E-state index in [1.165, 1.54) is 19.8 Å². The van der Waals surface area contributed by atoms with Crippen LogP contribution in [0, 0.1) is 0 Å². The highest BCUT2D eigenvalue weighted by Gasteiger charge is 2.28. The van der Waals surface area contributed by atoms with Crippen LogP contribution in [-0.4, -0.2) is 17.5 Å². The van der Waals surface area contributed by atoms with Crippen LogP contribution in [0.5, 0.6) is 0 Å². The number of hydrogen-bond donors (Lipinski definition) is 0. The molecule has 0 amide bonds. The second-order valence-corrected chi connectivity index (χ2v) is 3.99. The highest BCUT2D eigenvalue weighted by Crippen LogP contribution is 2.14. The molecule has 1 aliphatic heterocycles. The van der Waals surface area contributed by atoms with Gasteiger partial charge in [-0.2, -0.15) is 0 Å². The molecule has 1 fully saturated rings. The fraction of sp³-hybridized carbons (Fsp3) is 0.833. The van der Waals surface area contributed by atoms with Gasteiger partial charge in [0.1, 0.15) is 0 Å². The fourth-order valence-electron chi connectivity index (χ4n) is 0.877. The minimum Gasteiger partial charge on any atom is -0.248 e. The van der Waals surface area contributed by atoms with E-state index >= 15 is 0 Å². The Kier molecular flexibility index (Phi) is 2.39. The van der Waals surface area contributed by atoms with Crippen LogP contribution in [0.4, 0.5) is 0 Å². The lowest BCUT2D eigenvalue weighted by Crippen LogP contribution is -2.11. The average Bonchev–Trinajstić information content (AvgIpc) is 2.15. The predicted molar refractivity (Wildman–Crippen MR) is 38.1 cm³/mol. The molecule has 0 atom stereocenters. The molecule has 0 N–H and O–H groups in total. The fourth-order valence-corrected chi connectivity index (χ4v) is 2.63. The van der Waals surface area contributed by atoms with Crippen LogP contribution in [0.25, 0.3) is 0 Å². The summed E-state index contributed by atoms with van der Waals surface area (Å²) in [6.07, 6.45) is 2.47. The summed E-state index contributed by atoms with van der Waals surface area (Å²) < 4.78 is 5.00. The van der Waals surface area contributed by atoms with Crippen molar-refractivity contribution in [3.8, 4) is 0 Å². The Morgan fingerprint density at radius 2 is 2.00 bits per heavy atom. The van der Waals surface area contributed by atoms with E-state index in [0.717, 1.165) is 11.5 Å². The smallest absolute Gasteiger partial charge is 0.248 e. The van der Waals surface area contributed by atoms with Crippen LogP contribution in [0.3, 0.4) is 0 Å². The third-order valence-electron chi connectivity index (χ3n) is 1.23. The summed E-state index contributed by atoms with van der Waals surface area (Å²) in [6, 6.07) is 0. The highest BCUT2D eigenvalue weighted by molar-refractivity contribution is 7.92. The summed E-state index contributed by atoms with van der Waals surface area (Å²) >= 11 is -0.00694. The van der Waals surface area contributed by atoms with E-state index in [-0.39, 0.29) is 17.1 Å². The molecule has 1 aliphatic rings. The second-order valence-electron chi connectivity index (χ2n) is 2.13. The lowest BCUT2D eigenvalue weighted by Gasteiger charge is -1.93. The van der Waals surface area contributed by atoms with Crippen molar-refractivity contribution in [1.82, 2.24) is 0 Å². The van der Waals surface area contributed by atoms with Gasteiger partial charge in [0.15, 0.2) is 11.5 Å². The third-order valence-corrected chi connectivity index (χ3v) is 3.19. The van der Waals surface area contributed by atoms with Crippen LogP contribution >= 0.6 is 0 Å². The van der Waals surface area contributed by atoms with E-state index in [1.54, 1.807) is 0 Å². The summed E-state index contributed by atoms with van der Waals surface area (Å²) in [4.78, 5) is 10.4. The molecular weight excluding hydrogens is 136 g/mol. The Bertz CT molecular complexity index is 108. The van der Waals surface area contributed by atoms with E-state index < -0.39 is 0 Å². The quantitative estimate of drug-likeness (QED) is 0.514. The Hall–Kier alpha value is -0.180. The molecule has 0 unspecified atom stereocenters.